The highest BCUT2D eigenvalue weighted by Gasteiger charge is 2.21. The van der Waals surface area contributed by atoms with Crippen molar-refractivity contribution in [3.05, 3.63) is 70.5 Å². The van der Waals surface area contributed by atoms with E-state index >= 15 is 0 Å². The minimum Gasteiger partial charge on any atom is -0.494 e. The van der Waals surface area contributed by atoms with Crippen LogP contribution in [0.3, 0.4) is 0 Å². The Bertz CT molecular complexity index is 1550. The molecule has 9 nitrogen and oxygen atoms in total. The van der Waals surface area contributed by atoms with Crippen molar-refractivity contribution in [2.75, 3.05) is 31.4 Å². The summed E-state index contributed by atoms with van der Waals surface area (Å²) in [6.07, 6.45) is 0.512. The van der Waals surface area contributed by atoms with Gasteiger partial charge in [-0.05, 0) is 29.8 Å². The number of benzene rings is 2. The molecule has 12 heteroatoms. The Kier molecular flexibility index (Phi) is 9.18. The van der Waals surface area contributed by atoms with Gasteiger partial charge in [0.05, 0.1) is 25.0 Å². The molecule has 4 rings (SSSR count). The first-order valence-electron chi connectivity index (χ1n) is 11.6. The van der Waals surface area contributed by atoms with Crippen LogP contribution in [0.1, 0.15) is 23.2 Å². The first-order valence-corrected chi connectivity index (χ1v) is 13.5. The molecule has 0 aliphatic rings. The molecule has 2 heterocycles. The van der Waals surface area contributed by atoms with Crippen molar-refractivity contribution in [1.82, 2.24) is 9.97 Å². The van der Waals surface area contributed by atoms with Gasteiger partial charge in [0.2, 0.25) is 0 Å². The lowest BCUT2D eigenvalue weighted by atomic mass is 9.97. The summed E-state index contributed by atoms with van der Waals surface area (Å²) in [5.41, 5.74) is 8.90. The number of thiazole rings is 1. The number of halogens is 1. The van der Waals surface area contributed by atoms with Crippen LogP contribution >= 0.6 is 23.1 Å². The van der Waals surface area contributed by atoms with Crippen molar-refractivity contribution in [2.24, 2.45) is 0 Å². The number of pyridine rings is 1. The van der Waals surface area contributed by atoms with Crippen molar-refractivity contribution in [3.8, 4) is 34.8 Å². The molecule has 2 aromatic carbocycles. The number of methoxy groups -OCH3 is 1. The third kappa shape index (κ3) is 6.56. The van der Waals surface area contributed by atoms with Crippen LogP contribution < -0.4 is 20.5 Å². The second-order valence-corrected chi connectivity index (χ2v) is 9.83. The molecule has 4 aromatic rings. The third-order valence-electron chi connectivity index (χ3n) is 5.44. The van der Waals surface area contributed by atoms with Gasteiger partial charge in [-0.3, -0.25) is 0 Å². The number of nitrogens with zero attached hydrogens (tertiary/aromatic N) is 4. The van der Waals surface area contributed by atoms with Crippen LogP contribution in [0, 0.1) is 28.5 Å². The molecule has 0 fully saturated rings. The largest absolute Gasteiger partial charge is 0.494 e. The number of ether oxygens (including phenoxy) is 2. The van der Waals surface area contributed by atoms with Crippen LogP contribution in [0.15, 0.2) is 52.9 Å². The summed E-state index contributed by atoms with van der Waals surface area (Å²) in [7, 11) is 1.40. The van der Waals surface area contributed by atoms with E-state index in [-0.39, 0.29) is 29.3 Å². The minimum absolute atomic E-state index is 0.0307. The number of nitrogen functional groups attached to an aromatic ring is 1. The van der Waals surface area contributed by atoms with E-state index in [1.165, 1.54) is 36.3 Å². The number of hydrogen-bond donors (Lipinski definition) is 3. The Labute approximate surface area is 232 Å². The van der Waals surface area contributed by atoms with Crippen LogP contribution in [0.5, 0.6) is 11.5 Å². The lowest BCUT2D eigenvalue weighted by molar-refractivity contribution is 0.233. The first-order chi connectivity index (χ1) is 19.0. The average Bonchev–Trinajstić information content (AvgIpc) is 3.40. The molecule has 0 bridgehead atoms. The molecule has 0 aliphatic heterocycles. The lowest BCUT2D eigenvalue weighted by Crippen LogP contribution is -2.04. The molecule has 0 saturated heterocycles. The second-order valence-electron chi connectivity index (χ2n) is 8.01. The van der Waals surface area contributed by atoms with E-state index in [0.29, 0.717) is 51.5 Å². The van der Waals surface area contributed by atoms with Gasteiger partial charge in [0.25, 0.3) is 0 Å². The Morgan fingerprint density at radius 1 is 1.13 bits per heavy atom. The predicted molar refractivity (Wildman–Crippen MR) is 149 cm³/mol. The van der Waals surface area contributed by atoms with Gasteiger partial charge >= 0.3 is 0 Å². The van der Waals surface area contributed by atoms with Gasteiger partial charge in [-0.1, -0.05) is 23.9 Å². The summed E-state index contributed by atoms with van der Waals surface area (Å²) in [6, 6.07) is 15.7. The molecule has 0 aliphatic carbocycles. The summed E-state index contributed by atoms with van der Waals surface area (Å²) in [4.78, 5) is 8.90. The zero-order valence-electron chi connectivity index (χ0n) is 20.8. The number of nitriles is 2. The Morgan fingerprint density at radius 2 is 1.90 bits per heavy atom. The van der Waals surface area contributed by atoms with E-state index < -0.39 is 5.82 Å². The summed E-state index contributed by atoms with van der Waals surface area (Å²) in [5.74, 6) is 0.703. The standard InChI is InChI=1S/C27H23FN6O3S2/c1-36-23-11-17(5-8-22(23)28)32-27-33-18(15-39-27)14-38-26-21(13-30)24(20(12-29)25(31)34-26)16-3-6-19(7-4-16)37-10-2-9-35/h3-8,11,15,35H,2,9-10,14H2,1H3,(H2,31,34)(H,32,33). The maximum atomic E-state index is 13.7. The quantitative estimate of drug-likeness (QED) is 0.158. The van der Waals surface area contributed by atoms with E-state index in [2.05, 4.69) is 27.4 Å². The van der Waals surface area contributed by atoms with Crippen LogP contribution in [-0.2, 0) is 5.75 Å². The molecule has 0 amide bonds. The Hall–Kier alpha value is -4.36. The molecule has 2 aromatic heterocycles. The Morgan fingerprint density at radius 3 is 2.59 bits per heavy atom. The molecule has 4 N–H and O–H groups in total. The molecule has 0 spiro atoms. The van der Waals surface area contributed by atoms with E-state index in [0.717, 1.165) is 5.69 Å². The van der Waals surface area contributed by atoms with Gasteiger partial charge in [0, 0.05) is 41.5 Å². The summed E-state index contributed by atoms with van der Waals surface area (Å²) in [6.45, 7) is 0.408. The van der Waals surface area contributed by atoms with Crippen molar-refractivity contribution >= 4 is 39.7 Å². The van der Waals surface area contributed by atoms with E-state index in [9.17, 15) is 14.9 Å². The maximum Gasteiger partial charge on any atom is 0.187 e. The molecular weight excluding hydrogens is 539 g/mol. The van der Waals surface area contributed by atoms with Gasteiger partial charge in [0.1, 0.15) is 34.3 Å². The summed E-state index contributed by atoms with van der Waals surface area (Å²) in [5, 5.41) is 34.7. The molecule has 198 valence electrons. The fourth-order valence-corrected chi connectivity index (χ4v) is 5.32. The van der Waals surface area contributed by atoms with E-state index in [1.807, 2.05) is 5.38 Å². The number of aromatic nitrogens is 2. The first kappa shape index (κ1) is 27.7. The van der Waals surface area contributed by atoms with Crippen molar-refractivity contribution in [2.45, 2.75) is 17.2 Å². The molecule has 0 unspecified atom stereocenters. The maximum absolute atomic E-state index is 13.7. The number of rotatable bonds is 11. The van der Waals surface area contributed by atoms with Crippen molar-refractivity contribution < 1.29 is 19.0 Å². The highest BCUT2D eigenvalue weighted by molar-refractivity contribution is 7.98. The number of hydrogen-bond acceptors (Lipinski definition) is 11. The molecular formula is C27H23FN6O3S2. The van der Waals surface area contributed by atoms with Gasteiger partial charge in [-0.15, -0.1) is 11.3 Å². The van der Waals surface area contributed by atoms with Crippen LogP contribution in [0.4, 0.5) is 21.0 Å². The second kappa shape index (κ2) is 12.9. The summed E-state index contributed by atoms with van der Waals surface area (Å²) >= 11 is 2.66. The van der Waals surface area contributed by atoms with Gasteiger partial charge in [-0.25, -0.2) is 14.4 Å². The van der Waals surface area contributed by atoms with E-state index in [1.54, 1.807) is 36.4 Å². The van der Waals surface area contributed by atoms with Crippen LogP contribution in [0.2, 0.25) is 0 Å². The molecule has 0 saturated carbocycles. The monoisotopic (exact) mass is 562 g/mol. The number of aliphatic hydroxyl groups is 1. The fourth-order valence-electron chi connectivity index (χ4n) is 3.60. The minimum atomic E-state index is -0.455. The zero-order chi connectivity index (χ0) is 27.8. The number of aliphatic hydroxyl groups excluding tert-OH is 1. The van der Waals surface area contributed by atoms with Gasteiger partial charge in [-0.2, -0.15) is 10.5 Å². The number of nitrogens with two attached hydrogens (primary N) is 1. The lowest BCUT2D eigenvalue weighted by Gasteiger charge is -2.13. The topological polar surface area (TPSA) is 150 Å². The molecule has 0 atom stereocenters. The van der Waals surface area contributed by atoms with Gasteiger partial charge in [0.15, 0.2) is 16.7 Å². The molecule has 39 heavy (non-hydrogen) atoms. The number of nitrogens with one attached hydrogen (secondary N) is 1. The fraction of sp³-hybridized carbons (Fsp3) is 0.185. The van der Waals surface area contributed by atoms with Crippen molar-refractivity contribution in [1.29, 1.82) is 10.5 Å². The highest BCUT2D eigenvalue weighted by Crippen LogP contribution is 2.37. The smallest absolute Gasteiger partial charge is 0.187 e. The highest BCUT2D eigenvalue weighted by atomic mass is 32.2. The average molecular weight is 563 g/mol. The Balaban J connectivity index is 1.55. The predicted octanol–water partition coefficient (Wildman–Crippen LogP) is 5.48. The van der Waals surface area contributed by atoms with Crippen LogP contribution in [-0.4, -0.2) is 35.4 Å². The summed E-state index contributed by atoms with van der Waals surface area (Å²) < 4.78 is 24.3. The normalized spacial score (nSPS) is 10.5. The van der Waals surface area contributed by atoms with Gasteiger partial charge < -0.3 is 25.6 Å². The molecule has 0 radical (unpaired) electrons. The van der Waals surface area contributed by atoms with Crippen molar-refractivity contribution in [3.63, 3.8) is 0 Å². The van der Waals surface area contributed by atoms with E-state index in [4.69, 9.17) is 20.3 Å². The SMILES string of the molecule is COc1cc(Nc2nc(CSc3nc(N)c(C#N)c(-c4ccc(OCCCO)cc4)c3C#N)cs2)ccc1F. The number of thioether (sulfide) groups is 1. The number of anilines is 3. The zero-order valence-corrected chi connectivity index (χ0v) is 22.4. The third-order valence-corrected chi connectivity index (χ3v) is 7.26. The van der Waals surface area contributed by atoms with Crippen LogP contribution in [0.25, 0.3) is 11.1 Å².